The van der Waals surface area contributed by atoms with Gasteiger partial charge in [0.05, 0.1) is 6.61 Å². The number of halogens is 1. The van der Waals surface area contributed by atoms with Crippen molar-refractivity contribution in [3.05, 3.63) is 108 Å². The van der Waals surface area contributed by atoms with E-state index >= 15 is 0 Å². The fraction of sp³-hybridized carbons (Fsp3) is 0.136. The third kappa shape index (κ3) is 7.23. The Hall–Kier alpha value is -2.58. The lowest BCUT2D eigenvalue weighted by atomic mass is 10.0. The monoisotopic (exact) mass is 354 g/mol. The molecule has 0 aliphatic rings. The van der Waals surface area contributed by atoms with Gasteiger partial charge in [-0.3, -0.25) is 4.79 Å². The number of Topliss-reactive ketones (excluding diaryl/α,β-unsaturated/α-hetero) is 1. The summed E-state index contributed by atoms with van der Waals surface area (Å²) in [6.07, 6.45) is 7.77. The van der Waals surface area contributed by atoms with Crippen LogP contribution in [-0.4, -0.2) is 12.4 Å². The molecule has 0 heterocycles. The Morgan fingerprint density at radius 3 is 2.04 bits per heavy atom. The van der Waals surface area contributed by atoms with Gasteiger partial charge in [0.1, 0.15) is 5.76 Å². The third-order valence-corrected chi connectivity index (χ3v) is 3.51. The van der Waals surface area contributed by atoms with Crippen LogP contribution < -0.4 is 0 Å². The van der Waals surface area contributed by atoms with E-state index in [9.17, 15) is 4.79 Å². The summed E-state index contributed by atoms with van der Waals surface area (Å²) in [6.45, 7) is 18.1. The lowest BCUT2D eigenvalue weighted by Crippen LogP contribution is -2.00. The zero-order valence-corrected chi connectivity index (χ0v) is 15.3. The Balaban J connectivity index is 2.62. The molecule has 0 aliphatic heterocycles. The molecule has 0 bridgehead atoms. The first kappa shape index (κ1) is 20.5. The fourth-order valence-electron chi connectivity index (χ4n) is 1.75. The van der Waals surface area contributed by atoms with Gasteiger partial charge in [0.25, 0.3) is 0 Å². The van der Waals surface area contributed by atoms with E-state index in [1.54, 1.807) is 48.6 Å². The molecule has 2 nitrogen and oxygen atoms in total. The molecular formula is C22H23ClO2. The van der Waals surface area contributed by atoms with Crippen LogP contribution in [0.15, 0.2) is 97.4 Å². The molecule has 0 atom stereocenters. The lowest BCUT2D eigenvalue weighted by molar-refractivity contribution is 0.103. The van der Waals surface area contributed by atoms with Crippen molar-refractivity contribution in [1.82, 2.24) is 0 Å². The zero-order chi connectivity index (χ0) is 18.8. The first-order chi connectivity index (χ1) is 11.8. The molecule has 1 rings (SSSR count). The van der Waals surface area contributed by atoms with Gasteiger partial charge >= 0.3 is 0 Å². The van der Waals surface area contributed by atoms with Gasteiger partial charge in [-0.2, -0.15) is 0 Å². The van der Waals surface area contributed by atoms with Gasteiger partial charge < -0.3 is 4.74 Å². The van der Waals surface area contributed by atoms with Crippen molar-refractivity contribution in [2.75, 3.05) is 6.61 Å². The van der Waals surface area contributed by atoms with Crippen molar-refractivity contribution in [1.29, 1.82) is 0 Å². The van der Waals surface area contributed by atoms with Crippen LogP contribution in [-0.2, 0) is 4.74 Å². The van der Waals surface area contributed by atoms with Crippen molar-refractivity contribution < 1.29 is 9.53 Å². The maximum Gasteiger partial charge on any atom is 0.192 e. The van der Waals surface area contributed by atoms with E-state index in [0.29, 0.717) is 39.7 Å². The Bertz CT molecular complexity index is 734. The molecule has 0 fully saturated rings. The molecule has 0 spiro atoms. The van der Waals surface area contributed by atoms with Crippen LogP contribution >= 0.6 is 11.6 Å². The molecule has 130 valence electrons. The van der Waals surface area contributed by atoms with E-state index in [1.807, 2.05) is 6.92 Å². The number of hydrogen-bond acceptors (Lipinski definition) is 2. The van der Waals surface area contributed by atoms with E-state index in [1.165, 1.54) is 0 Å². The predicted octanol–water partition coefficient (Wildman–Crippen LogP) is 6.24. The van der Waals surface area contributed by atoms with Gasteiger partial charge in [0.15, 0.2) is 5.78 Å². The number of allylic oxidation sites excluding steroid dienone is 7. The summed E-state index contributed by atoms with van der Waals surface area (Å²) in [4.78, 5) is 12.3. The molecule has 3 heteroatoms. The number of hydrogen-bond donors (Lipinski definition) is 0. The van der Waals surface area contributed by atoms with Gasteiger partial charge in [-0.15, -0.1) is 0 Å². The number of carbonyl (C=O) groups is 1. The normalized spacial score (nSPS) is 10.8. The van der Waals surface area contributed by atoms with Crippen LogP contribution in [0.1, 0.15) is 23.7 Å². The molecule has 1 aromatic rings. The van der Waals surface area contributed by atoms with Crippen LogP contribution in [0, 0.1) is 0 Å². The molecule has 0 radical (unpaired) electrons. The van der Waals surface area contributed by atoms with Gasteiger partial charge in [-0.05, 0) is 47.9 Å². The first-order valence-electron chi connectivity index (χ1n) is 7.90. The number of carbonyl (C=O) groups excluding carboxylic acids is 1. The second-order valence-electron chi connectivity index (χ2n) is 5.39. The highest BCUT2D eigenvalue weighted by Crippen LogP contribution is 2.15. The summed E-state index contributed by atoms with van der Waals surface area (Å²) in [5.74, 6) is 0.408. The summed E-state index contributed by atoms with van der Waals surface area (Å²) in [6, 6.07) is 6.68. The fourth-order valence-corrected chi connectivity index (χ4v) is 1.88. The number of ether oxygens (including phenoxy) is 1. The molecule has 1 aromatic carbocycles. The van der Waals surface area contributed by atoms with Gasteiger partial charge in [0.2, 0.25) is 0 Å². The number of ketones is 1. The summed E-state index contributed by atoms with van der Waals surface area (Å²) in [5.41, 5.74) is 2.26. The smallest absolute Gasteiger partial charge is 0.192 e. The highest BCUT2D eigenvalue weighted by atomic mass is 35.5. The van der Waals surface area contributed by atoms with E-state index < -0.39 is 0 Å². The molecule has 0 unspecified atom stereocenters. The Labute approximate surface area is 155 Å². The Kier molecular flexibility index (Phi) is 8.45. The average Bonchev–Trinajstić information content (AvgIpc) is 2.61. The first-order valence-corrected chi connectivity index (χ1v) is 8.28. The maximum absolute atomic E-state index is 12.3. The van der Waals surface area contributed by atoms with Crippen LogP contribution in [0.5, 0.6) is 0 Å². The molecule has 0 saturated heterocycles. The van der Waals surface area contributed by atoms with Crippen molar-refractivity contribution >= 4 is 17.4 Å². The summed E-state index contributed by atoms with van der Waals surface area (Å²) >= 11 is 5.82. The van der Waals surface area contributed by atoms with E-state index in [-0.39, 0.29) is 5.78 Å². The molecule has 0 N–H and O–H groups in total. The highest BCUT2D eigenvalue weighted by Gasteiger charge is 2.07. The zero-order valence-electron chi connectivity index (χ0n) is 14.6. The van der Waals surface area contributed by atoms with E-state index in [4.69, 9.17) is 16.3 Å². The lowest BCUT2D eigenvalue weighted by Gasteiger charge is -2.04. The molecule has 25 heavy (non-hydrogen) atoms. The van der Waals surface area contributed by atoms with Crippen LogP contribution in [0.25, 0.3) is 0 Å². The largest absolute Gasteiger partial charge is 0.494 e. The molecule has 0 amide bonds. The summed E-state index contributed by atoms with van der Waals surface area (Å²) in [7, 11) is 0. The van der Waals surface area contributed by atoms with Crippen LogP contribution in [0.2, 0.25) is 5.02 Å². The maximum atomic E-state index is 12.3. The molecular weight excluding hydrogens is 332 g/mol. The number of benzene rings is 1. The van der Waals surface area contributed by atoms with Crippen molar-refractivity contribution in [3.63, 3.8) is 0 Å². The SMILES string of the molecule is C=C(/C=C\C(=C)C(=C)/C=C\C(=C)C(=O)c1ccc(Cl)cc1)OCCC. The van der Waals surface area contributed by atoms with Crippen molar-refractivity contribution in [3.8, 4) is 0 Å². The average molecular weight is 355 g/mol. The summed E-state index contributed by atoms with van der Waals surface area (Å²) in [5, 5.41) is 0.582. The Morgan fingerprint density at radius 2 is 1.48 bits per heavy atom. The minimum atomic E-state index is -0.164. The van der Waals surface area contributed by atoms with Crippen molar-refractivity contribution in [2.45, 2.75) is 13.3 Å². The van der Waals surface area contributed by atoms with Crippen molar-refractivity contribution in [2.24, 2.45) is 0 Å². The van der Waals surface area contributed by atoms with E-state index in [0.717, 1.165) is 6.42 Å². The third-order valence-electron chi connectivity index (χ3n) is 3.26. The summed E-state index contributed by atoms with van der Waals surface area (Å²) < 4.78 is 5.37. The molecule has 0 saturated carbocycles. The quantitative estimate of drug-likeness (QED) is 0.215. The molecule has 0 aromatic heterocycles. The van der Waals surface area contributed by atoms with Crippen LogP contribution in [0.4, 0.5) is 0 Å². The molecule has 0 aliphatic carbocycles. The van der Waals surface area contributed by atoms with Gasteiger partial charge in [-0.25, -0.2) is 0 Å². The standard InChI is InChI=1S/C22H23ClO2/c1-6-15-25-19(5)10-9-17(3)16(2)7-8-18(4)22(24)20-11-13-21(23)14-12-20/h7-14H,2-6,15H2,1H3/b8-7-,10-9-. The number of rotatable bonds is 10. The predicted molar refractivity (Wildman–Crippen MR) is 107 cm³/mol. The minimum absolute atomic E-state index is 0.164. The minimum Gasteiger partial charge on any atom is -0.494 e. The van der Waals surface area contributed by atoms with E-state index in [2.05, 4.69) is 26.3 Å². The Morgan fingerprint density at radius 1 is 0.960 bits per heavy atom. The van der Waals surface area contributed by atoms with Gasteiger partial charge in [-0.1, -0.05) is 63.1 Å². The highest BCUT2D eigenvalue weighted by molar-refractivity contribution is 6.30. The topological polar surface area (TPSA) is 26.3 Å². The second-order valence-corrected chi connectivity index (χ2v) is 5.83. The second kappa shape index (κ2) is 10.3. The van der Waals surface area contributed by atoms with Crippen LogP contribution in [0.3, 0.4) is 0 Å². The van der Waals surface area contributed by atoms with Gasteiger partial charge in [0, 0.05) is 16.2 Å².